The molecule has 2 aromatic rings. The van der Waals surface area contributed by atoms with E-state index in [1.165, 1.54) is 11.1 Å². The average molecular weight is 201 g/mol. The first-order valence-corrected chi connectivity index (χ1v) is 5.02. The molecule has 0 fully saturated rings. The van der Waals surface area contributed by atoms with Crippen molar-refractivity contribution < 1.29 is 0 Å². The molecule has 0 saturated carbocycles. The van der Waals surface area contributed by atoms with Gasteiger partial charge in [-0.2, -0.15) is 0 Å². The van der Waals surface area contributed by atoms with Gasteiger partial charge in [-0.3, -0.25) is 0 Å². The quantitative estimate of drug-likeness (QED) is 0.782. The van der Waals surface area contributed by atoms with Crippen molar-refractivity contribution >= 4 is 0 Å². The lowest BCUT2D eigenvalue weighted by Gasteiger charge is -2.05. The monoisotopic (exact) mass is 201 g/mol. The van der Waals surface area contributed by atoms with Crippen molar-refractivity contribution in [1.82, 2.24) is 9.97 Å². The number of aryl methyl sites for hydroxylation is 2. The van der Waals surface area contributed by atoms with Crippen LogP contribution in [-0.4, -0.2) is 9.97 Å². The molecule has 0 atom stereocenters. The van der Waals surface area contributed by atoms with Gasteiger partial charge in [0.15, 0.2) is 0 Å². The van der Waals surface area contributed by atoms with E-state index in [2.05, 4.69) is 42.0 Å². The van der Waals surface area contributed by atoms with Crippen LogP contribution >= 0.6 is 0 Å². The van der Waals surface area contributed by atoms with E-state index in [-0.39, 0.29) is 0 Å². The number of benzene rings is 1. The molecule has 0 saturated heterocycles. The Kier molecular flexibility index (Phi) is 2.56. The zero-order chi connectivity index (χ0) is 10.8. The van der Waals surface area contributed by atoms with Crippen LogP contribution in [0.3, 0.4) is 0 Å². The molecule has 1 aromatic heterocycles. The summed E-state index contributed by atoms with van der Waals surface area (Å²) in [7, 11) is 0. The molecule has 78 valence electrons. The maximum absolute atomic E-state index is 5.64. The van der Waals surface area contributed by atoms with E-state index in [1.54, 1.807) is 6.33 Å². The van der Waals surface area contributed by atoms with Gasteiger partial charge in [-0.25, -0.2) is 4.98 Å². The lowest BCUT2D eigenvalue weighted by Crippen LogP contribution is -1.99. The van der Waals surface area contributed by atoms with Gasteiger partial charge in [-0.1, -0.05) is 23.8 Å². The summed E-state index contributed by atoms with van der Waals surface area (Å²) in [5, 5.41) is 0. The summed E-state index contributed by atoms with van der Waals surface area (Å²) in [5.74, 6) is 0. The topological polar surface area (TPSA) is 54.7 Å². The predicted molar refractivity (Wildman–Crippen MR) is 61.4 cm³/mol. The fourth-order valence-electron chi connectivity index (χ4n) is 1.79. The third-order valence-electron chi connectivity index (χ3n) is 2.56. The maximum Gasteiger partial charge on any atom is 0.0929 e. The van der Waals surface area contributed by atoms with E-state index >= 15 is 0 Å². The van der Waals surface area contributed by atoms with E-state index in [4.69, 9.17) is 5.73 Å². The molecule has 3 nitrogen and oxygen atoms in total. The highest BCUT2D eigenvalue weighted by atomic mass is 14.9. The Hall–Kier alpha value is -1.61. The van der Waals surface area contributed by atoms with Crippen LogP contribution in [0.5, 0.6) is 0 Å². The fraction of sp³-hybridized carbons (Fsp3) is 0.250. The number of H-pyrrole nitrogens is 1. The van der Waals surface area contributed by atoms with E-state index in [9.17, 15) is 0 Å². The number of nitrogens with zero attached hydrogens (tertiary/aromatic N) is 1. The minimum Gasteiger partial charge on any atom is -0.347 e. The summed E-state index contributed by atoms with van der Waals surface area (Å²) < 4.78 is 0. The van der Waals surface area contributed by atoms with Crippen LogP contribution in [0.4, 0.5) is 0 Å². The average Bonchev–Trinajstić information content (AvgIpc) is 2.65. The third kappa shape index (κ3) is 1.78. The highest BCUT2D eigenvalue weighted by Gasteiger charge is 2.08. The number of hydrogen-bond donors (Lipinski definition) is 2. The number of nitrogens with two attached hydrogens (primary N) is 1. The Labute approximate surface area is 89.4 Å². The number of rotatable bonds is 2. The minimum atomic E-state index is 0.489. The third-order valence-corrected chi connectivity index (χ3v) is 2.56. The summed E-state index contributed by atoms with van der Waals surface area (Å²) in [4.78, 5) is 7.37. The van der Waals surface area contributed by atoms with E-state index in [0.29, 0.717) is 6.54 Å². The molecule has 0 spiro atoms. The standard InChI is InChI=1S/C12H15N3/c1-8-3-4-10(9(2)5-8)12-11(6-13)14-7-15-12/h3-5,7H,6,13H2,1-2H3,(H,14,15). The summed E-state index contributed by atoms with van der Waals surface area (Å²) in [6.07, 6.45) is 1.69. The van der Waals surface area contributed by atoms with E-state index in [1.807, 2.05) is 0 Å². The van der Waals surface area contributed by atoms with Crippen molar-refractivity contribution in [3.8, 4) is 11.3 Å². The molecule has 3 heteroatoms. The molecular weight excluding hydrogens is 186 g/mol. The molecule has 0 bridgehead atoms. The summed E-state index contributed by atoms with van der Waals surface area (Å²) in [6.45, 7) is 4.67. The van der Waals surface area contributed by atoms with Crippen LogP contribution in [-0.2, 0) is 6.54 Å². The Morgan fingerprint density at radius 3 is 2.80 bits per heavy atom. The van der Waals surface area contributed by atoms with Crippen LogP contribution in [0.25, 0.3) is 11.3 Å². The van der Waals surface area contributed by atoms with Gasteiger partial charge in [0.25, 0.3) is 0 Å². The number of aromatic nitrogens is 2. The van der Waals surface area contributed by atoms with Gasteiger partial charge in [0.2, 0.25) is 0 Å². The number of imidazole rings is 1. The van der Waals surface area contributed by atoms with Crippen molar-refractivity contribution in [2.45, 2.75) is 20.4 Å². The van der Waals surface area contributed by atoms with Crippen LogP contribution in [0.1, 0.15) is 16.8 Å². The second-order valence-electron chi connectivity index (χ2n) is 3.75. The first kappa shape index (κ1) is 9.93. The summed E-state index contributed by atoms with van der Waals surface area (Å²) in [6, 6.07) is 6.35. The molecule has 2 rings (SSSR count). The highest BCUT2D eigenvalue weighted by Crippen LogP contribution is 2.24. The van der Waals surface area contributed by atoms with Gasteiger partial charge in [0.1, 0.15) is 0 Å². The van der Waals surface area contributed by atoms with Crippen molar-refractivity contribution in [2.24, 2.45) is 5.73 Å². The van der Waals surface area contributed by atoms with Crippen molar-refractivity contribution in [3.63, 3.8) is 0 Å². The number of aromatic amines is 1. The molecule has 3 N–H and O–H groups in total. The van der Waals surface area contributed by atoms with E-state index < -0.39 is 0 Å². The number of hydrogen-bond acceptors (Lipinski definition) is 2. The van der Waals surface area contributed by atoms with Gasteiger partial charge in [-0.15, -0.1) is 0 Å². The predicted octanol–water partition coefficient (Wildman–Crippen LogP) is 2.15. The largest absolute Gasteiger partial charge is 0.347 e. The Morgan fingerprint density at radius 1 is 1.33 bits per heavy atom. The Bertz CT molecular complexity index is 471. The Morgan fingerprint density at radius 2 is 2.13 bits per heavy atom. The summed E-state index contributed by atoms with van der Waals surface area (Å²) in [5.41, 5.74) is 11.2. The smallest absolute Gasteiger partial charge is 0.0929 e. The molecule has 0 aliphatic carbocycles. The van der Waals surface area contributed by atoms with Crippen molar-refractivity contribution in [3.05, 3.63) is 41.3 Å². The van der Waals surface area contributed by atoms with Gasteiger partial charge in [0, 0.05) is 12.1 Å². The SMILES string of the molecule is Cc1ccc(-c2nc[nH]c2CN)c(C)c1. The second-order valence-corrected chi connectivity index (χ2v) is 3.75. The molecule has 15 heavy (non-hydrogen) atoms. The van der Waals surface area contributed by atoms with Gasteiger partial charge < -0.3 is 10.7 Å². The lowest BCUT2D eigenvalue weighted by atomic mass is 10.0. The highest BCUT2D eigenvalue weighted by molar-refractivity contribution is 5.66. The molecule has 0 unspecified atom stereocenters. The van der Waals surface area contributed by atoms with Crippen LogP contribution in [0.2, 0.25) is 0 Å². The van der Waals surface area contributed by atoms with Crippen molar-refractivity contribution in [2.75, 3.05) is 0 Å². The summed E-state index contributed by atoms with van der Waals surface area (Å²) >= 11 is 0. The van der Waals surface area contributed by atoms with Crippen LogP contribution < -0.4 is 5.73 Å². The molecular formula is C12H15N3. The normalized spacial score (nSPS) is 10.6. The number of nitrogens with one attached hydrogen (secondary N) is 1. The molecule has 1 aromatic carbocycles. The molecule has 0 aliphatic heterocycles. The fourth-order valence-corrected chi connectivity index (χ4v) is 1.79. The minimum absolute atomic E-state index is 0.489. The van der Waals surface area contributed by atoms with Crippen LogP contribution in [0, 0.1) is 13.8 Å². The second kappa shape index (κ2) is 3.87. The lowest BCUT2D eigenvalue weighted by molar-refractivity contribution is 1.01. The first-order chi connectivity index (χ1) is 7.22. The molecule has 0 aliphatic rings. The maximum atomic E-state index is 5.64. The molecule has 1 heterocycles. The molecule has 0 amide bonds. The van der Waals surface area contributed by atoms with Gasteiger partial charge >= 0.3 is 0 Å². The van der Waals surface area contributed by atoms with Gasteiger partial charge in [0.05, 0.1) is 17.7 Å². The Balaban J connectivity index is 2.54. The molecule has 0 radical (unpaired) electrons. The van der Waals surface area contributed by atoms with Crippen LogP contribution in [0.15, 0.2) is 24.5 Å². The van der Waals surface area contributed by atoms with Gasteiger partial charge in [-0.05, 0) is 19.4 Å². The zero-order valence-electron chi connectivity index (χ0n) is 9.04. The van der Waals surface area contributed by atoms with Crippen molar-refractivity contribution in [1.29, 1.82) is 0 Å². The first-order valence-electron chi connectivity index (χ1n) is 5.02. The van der Waals surface area contributed by atoms with E-state index in [0.717, 1.165) is 17.0 Å². The zero-order valence-corrected chi connectivity index (χ0v) is 9.04.